The molecule has 7 nitrogen and oxygen atoms in total. The van der Waals surface area contributed by atoms with Crippen LogP contribution in [0.15, 0.2) is 24.3 Å². The Hall–Kier alpha value is -3.16. The molecule has 1 aromatic carbocycles. The summed E-state index contributed by atoms with van der Waals surface area (Å²) in [7, 11) is 1.74. The molecular formula is C19H19FN4O3. The van der Waals surface area contributed by atoms with Crippen molar-refractivity contribution in [2.24, 2.45) is 12.8 Å². The van der Waals surface area contributed by atoms with E-state index in [0.717, 1.165) is 11.3 Å². The van der Waals surface area contributed by atoms with Gasteiger partial charge in [0.05, 0.1) is 12.5 Å². The van der Waals surface area contributed by atoms with E-state index in [2.05, 4.69) is 5.32 Å². The number of fused-ring (bicyclic) bond motifs is 2. The van der Waals surface area contributed by atoms with Gasteiger partial charge in [-0.2, -0.15) is 0 Å². The number of primary amides is 1. The number of carbonyl (C=O) groups is 3. The number of hydrogen-bond donors (Lipinski definition) is 2. The highest BCUT2D eigenvalue weighted by Gasteiger charge is 2.35. The van der Waals surface area contributed by atoms with Gasteiger partial charge >= 0.3 is 0 Å². The molecule has 140 valence electrons. The summed E-state index contributed by atoms with van der Waals surface area (Å²) in [5.74, 6) is -2.17. The summed E-state index contributed by atoms with van der Waals surface area (Å²) in [6.07, 6.45) is 0.579. The second-order valence-corrected chi connectivity index (χ2v) is 6.97. The predicted molar refractivity (Wildman–Crippen MR) is 95.4 cm³/mol. The number of aromatic nitrogens is 1. The number of carbonyl (C=O) groups excluding carboxylic acids is 3. The van der Waals surface area contributed by atoms with E-state index >= 15 is 0 Å². The van der Waals surface area contributed by atoms with Crippen molar-refractivity contribution in [1.82, 2.24) is 9.47 Å². The number of anilines is 1. The highest BCUT2D eigenvalue weighted by atomic mass is 19.1. The molecule has 0 fully saturated rings. The SMILES string of the molecule is Cn1c(C(N)=O)cc2c1CN(C(=O)[C@@H]1CC(=O)Nc3ccc(F)cc31)CC2. The fraction of sp³-hybridized carbons (Fsp3) is 0.316. The van der Waals surface area contributed by atoms with E-state index < -0.39 is 17.6 Å². The fourth-order valence-corrected chi connectivity index (χ4v) is 3.94. The van der Waals surface area contributed by atoms with E-state index in [1.54, 1.807) is 22.6 Å². The van der Waals surface area contributed by atoms with Gasteiger partial charge in [0.15, 0.2) is 0 Å². The minimum absolute atomic E-state index is 0.0156. The Balaban J connectivity index is 1.64. The minimum atomic E-state index is -0.720. The number of hydrogen-bond acceptors (Lipinski definition) is 3. The maximum Gasteiger partial charge on any atom is 0.265 e. The molecule has 0 saturated carbocycles. The molecule has 2 aromatic rings. The van der Waals surface area contributed by atoms with Crippen LogP contribution in [0.2, 0.25) is 0 Å². The van der Waals surface area contributed by atoms with Crippen molar-refractivity contribution in [1.29, 1.82) is 0 Å². The van der Waals surface area contributed by atoms with Crippen molar-refractivity contribution in [3.8, 4) is 0 Å². The molecular weight excluding hydrogens is 351 g/mol. The van der Waals surface area contributed by atoms with Crippen molar-refractivity contribution in [3.05, 3.63) is 52.6 Å². The van der Waals surface area contributed by atoms with Crippen LogP contribution in [-0.2, 0) is 29.6 Å². The smallest absolute Gasteiger partial charge is 0.265 e. The number of nitrogens with zero attached hydrogens (tertiary/aromatic N) is 2. The van der Waals surface area contributed by atoms with E-state index in [-0.39, 0.29) is 18.2 Å². The Kier molecular flexibility index (Phi) is 3.98. The lowest BCUT2D eigenvalue weighted by atomic mass is 9.88. The van der Waals surface area contributed by atoms with Crippen LogP contribution in [0.1, 0.15) is 39.6 Å². The normalized spacial score (nSPS) is 18.5. The lowest BCUT2D eigenvalue weighted by molar-refractivity contribution is -0.135. The van der Waals surface area contributed by atoms with Crippen molar-refractivity contribution >= 4 is 23.4 Å². The summed E-state index contributed by atoms with van der Waals surface area (Å²) in [6, 6.07) is 5.81. The van der Waals surface area contributed by atoms with E-state index in [4.69, 9.17) is 5.73 Å². The molecule has 3 amide bonds. The summed E-state index contributed by atoms with van der Waals surface area (Å²) >= 11 is 0. The first-order valence-corrected chi connectivity index (χ1v) is 8.70. The molecule has 3 heterocycles. The largest absolute Gasteiger partial charge is 0.364 e. The van der Waals surface area contributed by atoms with Crippen LogP contribution in [0, 0.1) is 5.82 Å². The molecule has 1 aromatic heterocycles. The van der Waals surface area contributed by atoms with E-state index in [0.29, 0.717) is 36.5 Å². The highest BCUT2D eigenvalue weighted by molar-refractivity contribution is 6.01. The number of halogens is 1. The number of benzene rings is 1. The van der Waals surface area contributed by atoms with Crippen LogP contribution in [0.4, 0.5) is 10.1 Å². The zero-order valence-corrected chi connectivity index (χ0v) is 14.8. The number of nitrogens with two attached hydrogens (primary N) is 1. The Morgan fingerprint density at radius 2 is 2.07 bits per heavy atom. The Labute approximate surface area is 154 Å². The topological polar surface area (TPSA) is 97.4 Å². The molecule has 0 bridgehead atoms. The number of rotatable bonds is 2. The van der Waals surface area contributed by atoms with Crippen molar-refractivity contribution < 1.29 is 18.8 Å². The van der Waals surface area contributed by atoms with E-state index in [1.807, 2.05) is 0 Å². The van der Waals surface area contributed by atoms with Gasteiger partial charge in [0.25, 0.3) is 5.91 Å². The van der Waals surface area contributed by atoms with Gasteiger partial charge in [0.2, 0.25) is 11.8 Å². The molecule has 0 unspecified atom stereocenters. The van der Waals surface area contributed by atoms with Gasteiger partial charge in [0.1, 0.15) is 11.5 Å². The van der Waals surface area contributed by atoms with E-state index in [1.165, 1.54) is 18.2 Å². The molecule has 3 N–H and O–H groups in total. The molecule has 1 atom stereocenters. The standard InChI is InChI=1S/C19H19FN4O3/c1-23-15(18(21)26)6-10-4-5-24(9-16(10)23)19(27)13-8-17(25)22-14-3-2-11(20)7-12(13)14/h2-3,6-7,13H,4-5,8-9H2,1H3,(H2,21,26)(H,22,25)/t13-/m1/s1. The van der Waals surface area contributed by atoms with Gasteiger partial charge < -0.3 is 20.5 Å². The second kappa shape index (κ2) is 6.22. The lowest BCUT2D eigenvalue weighted by Gasteiger charge is -2.33. The highest BCUT2D eigenvalue weighted by Crippen LogP contribution is 2.35. The van der Waals surface area contributed by atoms with Crippen molar-refractivity contribution in [3.63, 3.8) is 0 Å². The molecule has 8 heteroatoms. The quantitative estimate of drug-likeness (QED) is 0.833. The predicted octanol–water partition coefficient (Wildman–Crippen LogP) is 1.27. The van der Waals surface area contributed by atoms with Gasteiger partial charge in [-0.1, -0.05) is 0 Å². The zero-order chi connectivity index (χ0) is 19.3. The first kappa shape index (κ1) is 17.3. The van der Waals surface area contributed by atoms with Gasteiger partial charge in [-0.05, 0) is 41.8 Å². The van der Waals surface area contributed by atoms with Crippen LogP contribution >= 0.6 is 0 Å². The summed E-state index contributed by atoms with van der Waals surface area (Å²) in [4.78, 5) is 38.4. The summed E-state index contributed by atoms with van der Waals surface area (Å²) in [5, 5.41) is 2.68. The summed E-state index contributed by atoms with van der Waals surface area (Å²) < 4.78 is 15.4. The molecule has 0 spiro atoms. The zero-order valence-electron chi connectivity index (χ0n) is 14.8. The summed E-state index contributed by atoms with van der Waals surface area (Å²) in [5.41, 5.74) is 8.61. The first-order valence-electron chi connectivity index (χ1n) is 8.70. The lowest BCUT2D eigenvalue weighted by Crippen LogP contribution is -2.41. The average Bonchev–Trinajstić information content (AvgIpc) is 2.97. The number of amides is 3. The van der Waals surface area contributed by atoms with Gasteiger partial charge in [-0.3, -0.25) is 14.4 Å². The molecule has 0 aliphatic carbocycles. The Bertz CT molecular complexity index is 982. The van der Waals surface area contributed by atoms with Crippen LogP contribution in [0.3, 0.4) is 0 Å². The van der Waals surface area contributed by atoms with Gasteiger partial charge in [-0.15, -0.1) is 0 Å². The molecule has 0 radical (unpaired) electrons. The maximum atomic E-state index is 13.7. The Morgan fingerprint density at radius 1 is 1.30 bits per heavy atom. The summed E-state index contributed by atoms with van der Waals surface area (Å²) in [6.45, 7) is 0.789. The molecule has 4 rings (SSSR count). The average molecular weight is 370 g/mol. The Morgan fingerprint density at radius 3 is 2.81 bits per heavy atom. The second-order valence-electron chi connectivity index (χ2n) is 6.97. The van der Waals surface area contributed by atoms with Crippen molar-refractivity contribution in [2.75, 3.05) is 11.9 Å². The molecule has 2 aliphatic heterocycles. The van der Waals surface area contributed by atoms with Crippen LogP contribution < -0.4 is 11.1 Å². The number of nitrogens with one attached hydrogen (secondary N) is 1. The molecule has 2 aliphatic rings. The minimum Gasteiger partial charge on any atom is -0.364 e. The van der Waals surface area contributed by atoms with Crippen LogP contribution in [0.5, 0.6) is 0 Å². The van der Waals surface area contributed by atoms with E-state index in [9.17, 15) is 18.8 Å². The van der Waals surface area contributed by atoms with Crippen LogP contribution in [0.25, 0.3) is 0 Å². The molecule has 0 saturated heterocycles. The maximum absolute atomic E-state index is 13.7. The third-order valence-electron chi connectivity index (χ3n) is 5.35. The van der Waals surface area contributed by atoms with Crippen LogP contribution in [-0.4, -0.2) is 33.7 Å². The van der Waals surface area contributed by atoms with Crippen molar-refractivity contribution in [2.45, 2.75) is 25.3 Å². The third-order valence-corrected chi connectivity index (χ3v) is 5.35. The third kappa shape index (κ3) is 2.87. The monoisotopic (exact) mass is 370 g/mol. The molecule has 27 heavy (non-hydrogen) atoms. The van der Waals surface area contributed by atoms with Gasteiger partial charge in [0, 0.05) is 31.4 Å². The first-order chi connectivity index (χ1) is 12.8. The fourth-order valence-electron chi connectivity index (χ4n) is 3.94. The van der Waals surface area contributed by atoms with Gasteiger partial charge in [-0.25, -0.2) is 4.39 Å².